The zero-order chi connectivity index (χ0) is 14.0. The lowest BCUT2D eigenvalue weighted by Crippen LogP contribution is -2.05. The zero-order valence-corrected chi connectivity index (χ0v) is 11.0. The lowest BCUT2D eigenvalue weighted by Gasteiger charge is -2.11. The van der Waals surface area contributed by atoms with Gasteiger partial charge in [0.25, 0.3) is 0 Å². The number of benzene rings is 1. The summed E-state index contributed by atoms with van der Waals surface area (Å²) in [6.07, 6.45) is 0. The van der Waals surface area contributed by atoms with E-state index in [0.29, 0.717) is 11.5 Å². The number of carbonyl (C=O) groups is 1. The molecule has 0 unspecified atom stereocenters. The van der Waals surface area contributed by atoms with Crippen LogP contribution in [-0.2, 0) is 7.05 Å². The molecule has 1 aromatic heterocycles. The number of nitrogens with zero attached hydrogens (tertiary/aromatic N) is 1. The molecule has 0 radical (unpaired) electrons. The third-order valence-corrected chi connectivity index (χ3v) is 3.03. The minimum atomic E-state index is -0.957. The lowest BCUT2D eigenvalue weighted by atomic mass is 10.1. The molecule has 1 heterocycles. The Labute approximate surface area is 111 Å². The van der Waals surface area contributed by atoms with Crippen molar-refractivity contribution in [1.29, 1.82) is 0 Å². The summed E-state index contributed by atoms with van der Waals surface area (Å²) < 4.78 is 12.1. The quantitative estimate of drug-likeness (QED) is 0.918. The van der Waals surface area contributed by atoms with Crippen LogP contribution in [0.15, 0.2) is 30.3 Å². The summed E-state index contributed by atoms with van der Waals surface area (Å²) in [4.78, 5) is 11.0. The minimum absolute atomic E-state index is 0.230. The maximum Gasteiger partial charge on any atom is 0.352 e. The molecule has 2 rings (SSSR count). The maximum atomic E-state index is 11.0. The second-order valence-corrected chi connectivity index (χ2v) is 4.03. The first-order chi connectivity index (χ1) is 9.08. The van der Waals surface area contributed by atoms with Gasteiger partial charge in [0, 0.05) is 18.7 Å². The summed E-state index contributed by atoms with van der Waals surface area (Å²) >= 11 is 0. The second kappa shape index (κ2) is 5.06. The number of carboxylic acids is 1. The van der Waals surface area contributed by atoms with Crippen LogP contribution in [0, 0.1) is 0 Å². The van der Waals surface area contributed by atoms with E-state index in [-0.39, 0.29) is 5.69 Å². The van der Waals surface area contributed by atoms with Crippen LogP contribution < -0.4 is 9.47 Å². The van der Waals surface area contributed by atoms with E-state index in [9.17, 15) is 4.79 Å². The number of carboxylic acid groups (broad SMARTS) is 1. The fourth-order valence-corrected chi connectivity index (χ4v) is 2.01. The number of ether oxygens (including phenoxy) is 2. The Hall–Kier alpha value is -2.43. The number of hydrogen-bond donors (Lipinski definition) is 1. The van der Waals surface area contributed by atoms with Gasteiger partial charge in [-0.1, -0.05) is 0 Å². The van der Waals surface area contributed by atoms with Gasteiger partial charge in [-0.25, -0.2) is 4.79 Å². The molecule has 19 heavy (non-hydrogen) atoms. The second-order valence-electron chi connectivity index (χ2n) is 4.03. The molecule has 0 saturated carbocycles. The smallest absolute Gasteiger partial charge is 0.352 e. The van der Waals surface area contributed by atoms with Gasteiger partial charge in [0.15, 0.2) is 0 Å². The van der Waals surface area contributed by atoms with E-state index in [1.807, 2.05) is 12.1 Å². The first kappa shape index (κ1) is 13.0. The average molecular weight is 261 g/mol. The van der Waals surface area contributed by atoms with Gasteiger partial charge in [-0.3, -0.25) is 0 Å². The molecule has 1 aromatic carbocycles. The Bertz CT molecular complexity index is 616. The monoisotopic (exact) mass is 261 g/mol. The highest BCUT2D eigenvalue weighted by atomic mass is 16.5. The van der Waals surface area contributed by atoms with E-state index < -0.39 is 5.97 Å². The maximum absolute atomic E-state index is 11.0. The molecule has 100 valence electrons. The van der Waals surface area contributed by atoms with Crippen molar-refractivity contribution in [2.24, 2.45) is 7.05 Å². The summed E-state index contributed by atoms with van der Waals surface area (Å²) in [7, 11) is 4.86. The molecule has 0 aliphatic rings. The van der Waals surface area contributed by atoms with Crippen LogP contribution in [0.3, 0.4) is 0 Å². The Kier molecular flexibility index (Phi) is 3.46. The molecule has 1 N–H and O–H groups in total. The van der Waals surface area contributed by atoms with Crippen LogP contribution in [0.1, 0.15) is 10.5 Å². The molecule has 5 nitrogen and oxygen atoms in total. The van der Waals surface area contributed by atoms with E-state index in [2.05, 4.69) is 0 Å². The van der Waals surface area contributed by atoms with Crippen molar-refractivity contribution in [2.75, 3.05) is 14.2 Å². The summed E-state index contributed by atoms with van der Waals surface area (Å²) in [6, 6.07) is 8.75. The first-order valence-electron chi connectivity index (χ1n) is 5.70. The SMILES string of the molecule is COc1ccc(-c2ccc(C(=O)O)n2C)c(OC)c1. The van der Waals surface area contributed by atoms with Gasteiger partial charge >= 0.3 is 5.97 Å². The largest absolute Gasteiger partial charge is 0.497 e. The van der Waals surface area contributed by atoms with Crippen molar-refractivity contribution < 1.29 is 19.4 Å². The van der Waals surface area contributed by atoms with Crippen molar-refractivity contribution in [3.8, 4) is 22.8 Å². The van der Waals surface area contributed by atoms with Gasteiger partial charge in [-0.2, -0.15) is 0 Å². The average Bonchev–Trinajstić information content (AvgIpc) is 2.79. The van der Waals surface area contributed by atoms with E-state index in [4.69, 9.17) is 14.6 Å². The lowest BCUT2D eigenvalue weighted by molar-refractivity contribution is 0.0686. The van der Waals surface area contributed by atoms with Crippen LogP contribution in [0.2, 0.25) is 0 Å². The molecule has 0 spiro atoms. The molecule has 5 heteroatoms. The third-order valence-electron chi connectivity index (χ3n) is 3.03. The minimum Gasteiger partial charge on any atom is -0.497 e. The van der Waals surface area contributed by atoms with Gasteiger partial charge in [-0.05, 0) is 24.3 Å². The van der Waals surface area contributed by atoms with Crippen molar-refractivity contribution >= 4 is 5.97 Å². The molecular weight excluding hydrogens is 246 g/mol. The summed E-state index contributed by atoms with van der Waals surface area (Å²) in [5.41, 5.74) is 1.82. The van der Waals surface area contributed by atoms with Crippen LogP contribution in [0.4, 0.5) is 0 Å². The van der Waals surface area contributed by atoms with Crippen molar-refractivity contribution in [3.05, 3.63) is 36.0 Å². The number of methoxy groups -OCH3 is 2. The molecule has 0 bridgehead atoms. The Morgan fingerprint density at radius 2 is 1.89 bits per heavy atom. The molecule has 0 aliphatic heterocycles. The third kappa shape index (κ3) is 2.27. The first-order valence-corrected chi connectivity index (χ1v) is 5.70. The van der Waals surface area contributed by atoms with E-state index in [1.54, 1.807) is 44.0 Å². The van der Waals surface area contributed by atoms with Crippen LogP contribution >= 0.6 is 0 Å². The van der Waals surface area contributed by atoms with E-state index in [0.717, 1.165) is 11.3 Å². The predicted octanol–water partition coefficient (Wildman–Crippen LogP) is 2.41. The highest BCUT2D eigenvalue weighted by Crippen LogP contribution is 2.33. The van der Waals surface area contributed by atoms with E-state index in [1.165, 1.54) is 0 Å². The van der Waals surface area contributed by atoms with E-state index >= 15 is 0 Å². The Morgan fingerprint density at radius 3 is 2.42 bits per heavy atom. The number of aromatic carboxylic acids is 1. The topological polar surface area (TPSA) is 60.7 Å². The summed E-state index contributed by atoms with van der Waals surface area (Å²) in [6.45, 7) is 0. The molecule has 0 amide bonds. The fraction of sp³-hybridized carbons (Fsp3) is 0.214. The van der Waals surface area contributed by atoms with Crippen molar-refractivity contribution in [2.45, 2.75) is 0 Å². The normalized spacial score (nSPS) is 10.3. The van der Waals surface area contributed by atoms with Crippen LogP contribution in [-0.4, -0.2) is 29.9 Å². The molecule has 0 aliphatic carbocycles. The highest BCUT2D eigenvalue weighted by molar-refractivity contribution is 5.88. The van der Waals surface area contributed by atoms with Gasteiger partial charge in [0.2, 0.25) is 0 Å². The standard InChI is InChI=1S/C14H15NO4/c1-15-11(6-7-12(15)14(16)17)10-5-4-9(18-2)8-13(10)19-3/h4-8H,1-3H3,(H,16,17). The van der Waals surface area contributed by atoms with Crippen molar-refractivity contribution in [1.82, 2.24) is 4.57 Å². The summed E-state index contributed by atoms with van der Waals surface area (Å²) in [5, 5.41) is 9.06. The number of hydrogen-bond acceptors (Lipinski definition) is 3. The van der Waals surface area contributed by atoms with Crippen molar-refractivity contribution in [3.63, 3.8) is 0 Å². The molecule has 0 atom stereocenters. The Morgan fingerprint density at radius 1 is 1.16 bits per heavy atom. The number of aromatic nitrogens is 1. The van der Waals surface area contributed by atoms with Crippen LogP contribution in [0.25, 0.3) is 11.3 Å². The molecule has 0 fully saturated rings. The van der Waals surface area contributed by atoms with Gasteiger partial charge in [-0.15, -0.1) is 0 Å². The van der Waals surface area contributed by atoms with Gasteiger partial charge < -0.3 is 19.1 Å². The van der Waals surface area contributed by atoms with Gasteiger partial charge in [0.1, 0.15) is 17.2 Å². The van der Waals surface area contributed by atoms with Gasteiger partial charge in [0.05, 0.1) is 19.9 Å². The number of rotatable bonds is 4. The fourth-order valence-electron chi connectivity index (χ4n) is 2.01. The Balaban J connectivity index is 2.55. The highest BCUT2D eigenvalue weighted by Gasteiger charge is 2.15. The molecule has 0 saturated heterocycles. The predicted molar refractivity (Wildman–Crippen MR) is 70.9 cm³/mol. The summed E-state index contributed by atoms with van der Waals surface area (Å²) in [5.74, 6) is 0.368. The molecule has 2 aromatic rings. The van der Waals surface area contributed by atoms with Crippen LogP contribution in [0.5, 0.6) is 11.5 Å². The molecular formula is C14H15NO4. The zero-order valence-electron chi connectivity index (χ0n) is 11.0.